The van der Waals surface area contributed by atoms with Crippen molar-refractivity contribution in [1.82, 2.24) is 10.3 Å². The van der Waals surface area contributed by atoms with Crippen molar-refractivity contribution in [2.75, 3.05) is 0 Å². The Morgan fingerprint density at radius 1 is 1.50 bits per heavy atom. The number of hydrogen-bond acceptors (Lipinski definition) is 2. The van der Waals surface area contributed by atoms with Crippen LogP contribution in [0.5, 0.6) is 0 Å². The molecule has 5 heteroatoms. The van der Waals surface area contributed by atoms with Crippen LogP contribution < -0.4 is 5.32 Å². The second-order valence-corrected chi connectivity index (χ2v) is 4.08. The van der Waals surface area contributed by atoms with Crippen molar-refractivity contribution in [3.63, 3.8) is 0 Å². The zero-order valence-corrected chi connectivity index (χ0v) is 10.5. The number of carbonyl (C=O) groups is 1. The lowest BCUT2D eigenvalue weighted by Crippen LogP contribution is -2.24. The van der Waals surface area contributed by atoms with E-state index in [1.807, 2.05) is 6.92 Å². The predicted molar refractivity (Wildman–Crippen MR) is 65.1 cm³/mol. The maximum Gasteiger partial charge on any atom is 0.286 e. The normalized spacial score (nSPS) is 11.1. The fraction of sp³-hybridized carbons (Fsp3) is 0.385. The molecule has 18 heavy (non-hydrogen) atoms. The summed E-state index contributed by atoms with van der Waals surface area (Å²) in [5.41, 5.74) is 0.871. The highest BCUT2D eigenvalue weighted by Crippen LogP contribution is 2.24. The first-order valence-corrected chi connectivity index (χ1v) is 5.63. The summed E-state index contributed by atoms with van der Waals surface area (Å²) in [6, 6.07) is 2.78. The first kappa shape index (κ1) is 14.3. The molecule has 1 rings (SSSR count). The molecule has 1 heterocycles. The summed E-state index contributed by atoms with van der Waals surface area (Å²) in [5, 5.41) is 2.64. The van der Waals surface area contributed by atoms with Crippen LogP contribution in [0.3, 0.4) is 0 Å². The maximum absolute atomic E-state index is 12.9. The van der Waals surface area contributed by atoms with E-state index in [-0.39, 0.29) is 18.1 Å². The summed E-state index contributed by atoms with van der Waals surface area (Å²) in [4.78, 5) is 15.1. The van der Waals surface area contributed by atoms with Gasteiger partial charge in [-0.1, -0.05) is 19.6 Å². The van der Waals surface area contributed by atoms with Gasteiger partial charge >= 0.3 is 0 Å². The van der Waals surface area contributed by atoms with Gasteiger partial charge < -0.3 is 5.32 Å². The van der Waals surface area contributed by atoms with Crippen molar-refractivity contribution in [3.8, 4) is 0 Å². The fourth-order valence-corrected chi connectivity index (χ4v) is 1.26. The van der Waals surface area contributed by atoms with Crippen LogP contribution in [0.2, 0.25) is 0 Å². The zero-order chi connectivity index (χ0) is 13.8. The molecular weight excluding hydrogens is 238 g/mol. The van der Waals surface area contributed by atoms with E-state index in [4.69, 9.17) is 0 Å². The minimum absolute atomic E-state index is 0.234. The van der Waals surface area contributed by atoms with Crippen molar-refractivity contribution < 1.29 is 13.6 Å². The highest BCUT2D eigenvalue weighted by atomic mass is 19.3. The Balaban J connectivity index is 2.60. The summed E-state index contributed by atoms with van der Waals surface area (Å²) in [6.07, 6.45) is 1.91. The number of nitrogens with one attached hydrogen (secondary N) is 1. The van der Waals surface area contributed by atoms with Crippen LogP contribution in [0.4, 0.5) is 8.78 Å². The van der Waals surface area contributed by atoms with Gasteiger partial charge in [-0.2, -0.15) is 8.78 Å². The molecule has 0 aliphatic rings. The number of nitrogens with zero attached hydrogens (tertiary/aromatic N) is 1. The monoisotopic (exact) mass is 254 g/mol. The molecule has 1 aromatic heterocycles. The molecule has 0 unspecified atom stereocenters. The number of alkyl halides is 2. The first-order valence-electron chi connectivity index (χ1n) is 5.63. The second kappa shape index (κ2) is 5.71. The maximum atomic E-state index is 12.9. The average molecular weight is 254 g/mol. The van der Waals surface area contributed by atoms with Gasteiger partial charge in [-0.25, -0.2) is 0 Å². The van der Waals surface area contributed by atoms with Gasteiger partial charge in [0.05, 0.1) is 0 Å². The lowest BCUT2D eigenvalue weighted by Gasteiger charge is -2.10. The highest BCUT2D eigenvalue weighted by molar-refractivity contribution is 5.92. The standard InChI is InChI=1S/C13H16F2N2O/c1-4-9(2)12(18)17-8-10-5-6-11(16-7-10)13(3,14)15/h5-7H,2,4,8H2,1,3H3,(H,17,18). The van der Waals surface area contributed by atoms with Gasteiger partial charge in [0.15, 0.2) is 0 Å². The molecule has 0 spiro atoms. The van der Waals surface area contributed by atoms with Gasteiger partial charge in [0.25, 0.3) is 5.92 Å². The number of halogens is 2. The molecule has 98 valence electrons. The van der Waals surface area contributed by atoms with Gasteiger partial charge in [0.2, 0.25) is 5.91 Å². The summed E-state index contributed by atoms with van der Waals surface area (Å²) in [7, 11) is 0. The molecule has 0 aliphatic heterocycles. The SMILES string of the molecule is C=C(CC)C(=O)NCc1ccc(C(C)(F)F)nc1. The van der Waals surface area contributed by atoms with Crippen molar-refractivity contribution in [1.29, 1.82) is 0 Å². The Hall–Kier alpha value is -1.78. The summed E-state index contributed by atoms with van der Waals surface area (Å²) >= 11 is 0. The molecule has 0 fully saturated rings. The van der Waals surface area contributed by atoms with E-state index in [1.165, 1.54) is 18.3 Å². The topological polar surface area (TPSA) is 42.0 Å². The summed E-state index contributed by atoms with van der Waals surface area (Å²) in [6.45, 7) is 6.48. The fourth-order valence-electron chi connectivity index (χ4n) is 1.26. The van der Waals surface area contributed by atoms with E-state index in [1.54, 1.807) is 0 Å². The van der Waals surface area contributed by atoms with Crippen molar-refractivity contribution in [2.24, 2.45) is 0 Å². The van der Waals surface area contributed by atoms with E-state index in [0.717, 1.165) is 6.92 Å². The largest absolute Gasteiger partial charge is 0.348 e. The lowest BCUT2D eigenvalue weighted by atomic mass is 10.2. The number of aromatic nitrogens is 1. The third-order valence-corrected chi connectivity index (χ3v) is 2.48. The van der Waals surface area contributed by atoms with Crippen LogP contribution >= 0.6 is 0 Å². The van der Waals surface area contributed by atoms with Gasteiger partial charge in [0.1, 0.15) is 5.69 Å². The Kier molecular flexibility index (Phi) is 4.53. The molecule has 0 saturated heterocycles. The van der Waals surface area contributed by atoms with Crippen molar-refractivity contribution in [2.45, 2.75) is 32.7 Å². The first-order chi connectivity index (χ1) is 8.34. The molecule has 0 aromatic carbocycles. The highest BCUT2D eigenvalue weighted by Gasteiger charge is 2.25. The summed E-state index contributed by atoms with van der Waals surface area (Å²) < 4.78 is 25.8. The van der Waals surface area contributed by atoms with E-state index >= 15 is 0 Å². The van der Waals surface area contributed by atoms with Crippen molar-refractivity contribution >= 4 is 5.91 Å². The van der Waals surface area contributed by atoms with Gasteiger partial charge in [-0.05, 0) is 18.1 Å². The molecule has 1 aromatic rings. The van der Waals surface area contributed by atoms with Crippen LogP contribution in [0.15, 0.2) is 30.5 Å². The number of amides is 1. The molecule has 3 nitrogen and oxygen atoms in total. The van der Waals surface area contributed by atoms with E-state index in [9.17, 15) is 13.6 Å². The zero-order valence-electron chi connectivity index (χ0n) is 10.5. The minimum Gasteiger partial charge on any atom is -0.348 e. The van der Waals surface area contributed by atoms with Crippen LogP contribution in [0, 0.1) is 0 Å². The number of carbonyl (C=O) groups excluding carboxylic acids is 1. The molecule has 0 bridgehead atoms. The number of pyridine rings is 1. The Morgan fingerprint density at radius 3 is 2.61 bits per heavy atom. The van der Waals surface area contributed by atoms with E-state index in [2.05, 4.69) is 16.9 Å². The van der Waals surface area contributed by atoms with Crippen LogP contribution in [-0.4, -0.2) is 10.9 Å². The molecule has 0 saturated carbocycles. The van der Waals surface area contributed by atoms with Gasteiger partial charge in [-0.3, -0.25) is 9.78 Å². The van der Waals surface area contributed by atoms with Gasteiger partial charge in [-0.15, -0.1) is 0 Å². The molecule has 0 aliphatic carbocycles. The molecule has 0 atom stereocenters. The number of rotatable bonds is 5. The van der Waals surface area contributed by atoms with Gasteiger partial charge in [0, 0.05) is 25.2 Å². The quantitative estimate of drug-likeness (QED) is 0.821. The smallest absolute Gasteiger partial charge is 0.286 e. The van der Waals surface area contributed by atoms with E-state index in [0.29, 0.717) is 17.6 Å². The van der Waals surface area contributed by atoms with Crippen LogP contribution in [0.1, 0.15) is 31.5 Å². The lowest BCUT2D eigenvalue weighted by molar-refractivity contribution is -0.117. The van der Waals surface area contributed by atoms with Crippen LogP contribution in [-0.2, 0) is 17.3 Å². The molecular formula is C13H16F2N2O. The Labute approximate surface area is 105 Å². The predicted octanol–water partition coefficient (Wildman–Crippen LogP) is 2.78. The summed E-state index contributed by atoms with van der Waals surface area (Å²) in [5.74, 6) is -3.18. The molecule has 1 N–H and O–H groups in total. The third-order valence-electron chi connectivity index (χ3n) is 2.48. The second-order valence-electron chi connectivity index (χ2n) is 4.08. The Morgan fingerprint density at radius 2 is 2.17 bits per heavy atom. The van der Waals surface area contributed by atoms with E-state index < -0.39 is 5.92 Å². The number of hydrogen-bond donors (Lipinski definition) is 1. The molecule has 1 amide bonds. The Bertz CT molecular complexity index is 435. The average Bonchev–Trinajstić information content (AvgIpc) is 2.34. The third kappa shape index (κ3) is 3.91. The van der Waals surface area contributed by atoms with Crippen molar-refractivity contribution in [3.05, 3.63) is 41.7 Å². The van der Waals surface area contributed by atoms with Crippen LogP contribution in [0.25, 0.3) is 0 Å². The molecule has 0 radical (unpaired) electrons. The minimum atomic E-state index is -2.95.